The summed E-state index contributed by atoms with van der Waals surface area (Å²) in [5, 5.41) is 7.32. The van der Waals surface area contributed by atoms with Gasteiger partial charge in [-0.15, -0.1) is 0 Å². The third kappa shape index (κ3) is 6.41. The Kier molecular flexibility index (Phi) is 7.94. The molecule has 2 N–H and O–H groups in total. The van der Waals surface area contributed by atoms with Crippen LogP contribution in [0, 0.1) is 6.92 Å². The van der Waals surface area contributed by atoms with Gasteiger partial charge < -0.3 is 10.6 Å². The van der Waals surface area contributed by atoms with Gasteiger partial charge in [-0.25, -0.2) is 0 Å². The fourth-order valence-corrected chi connectivity index (χ4v) is 5.82. The van der Waals surface area contributed by atoms with Crippen LogP contribution in [0.1, 0.15) is 5.56 Å². The van der Waals surface area contributed by atoms with E-state index in [4.69, 9.17) is 0 Å². The van der Waals surface area contributed by atoms with Crippen LogP contribution >= 0.6 is 0 Å². The van der Waals surface area contributed by atoms with Crippen LogP contribution in [0.3, 0.4) is 0 Å². The second-order valence-electron chi connectivity index (χ2n) is 11.3. The summed E-state index contributed by atoms with van der Waals surface area (Å²) in [5.74, 6) is 0. The first-order valence-electron chi connectivity index (χ1n) is 15.4. The zero-order chi connectivity index (χ0) is 30.4. The Bertz CT molecular complexity index is 2060. The molecule has 0 saturated carbocycles. The van der Waals surface area contributed by atoms with Gasteiger partial charge in [0.25, 0.3) is 0 Å². The minimum atomic E-state index is 1.06. The zero-order valence-corrected chi connectivity index (χ0v) is 25.2. The smallest absolute Gasteiger partial charge is 0.0464 e. The lowest BCUT2D eigenvalue weighted by molar-refractivity contribution is 1.44. The van der Waals surface area contributed by atoms with Crippen LogP contribution in [-0.4, -0.2) is 0 Å². The van der Waals surface area contributed by atoms with Gasteiger partial charge in [0.1, 0.15) is 0 Å². The van der Waals surface area contributed by atoms with Crippen molar-refractivity contribution in [2.24, 2.45) is 0 Å². The molecule has 0 atom stereocenters. The molecule has 2 nitrogen and oxygen atoms in total. The minimum absolute atomic E-state index is 1.06. The Morgan fingerprint density at radius 3 is 1.53 bits per heavy atom. The van der Waals surface area contributed by atoms with E-state index in [0.717, 1.165) is 22.7 Å². The molecule has 2 heteroatoms. The summed E-state index contributed by atoms with van der Waals surface area (Å²) < 4.78 is 0. The summed E-state index contributed by atoms with van der Waals surface area (Å²) in [5.41, 5.74) is 15.0. The lowest BCUT2D eigenvalue weighted by atomic mass is 9.94. The molecule has 0 heterocycles. The number of hydrogen-bond acceptors (Lipinski definition) is 2. The van der Waals surface area contributed by atoms with Crippen molar-refractivity contribution in [3.8, 4) is 44.5 Å². The highest BCUT2D eigenvalue weighted by Crippen LogP contribution is 2.37. The van der Waals surface area contributed by atoms with E-state index in [1.165, 1.54) is 50.1 Å². The van der Waals surface area contributed by atoms with Gasteiger partial charge in [-0.05, 0) is 94.9 Å². The Balaban J connectivity index is 1.21. The minimum Gasteiger partial charge on any atom is -0.355 e. The molecule has 0 aliphatic heterocycles. The Labute approximate surface area is 265 Å². The van der Waals surface area contributed by atoms with Crippen molar-refractivity contribution in [1.29, 1.82) is 0 Å². The highest BCUT2D eigenvalue weighted by Gasteiger charge is 2.11. The maximum Gasteiger partial charge on any atom is 0.0464 e. The van der Waals surface area contributed by atoms with Gasteiger partial charge in [-0.3, -0.25) is 0 Å². The SMILES string of the molecule is Cc1ccc(Nc2cccc(-c3ccccc3)c2)c(-c2cccc(-c3cccc(-c4ccccc4Nc4ccccc4)c3)c2)c1. The molecule has 7 rings (SSSR count). The number of anilines is 4. The lowest BCUT2D eigenvalue weighted by Gasteiger charge is -2.16. The van der Waals surface area contributed by atoms with E-state index < -0.39 is 0 Å². The number of benzene rings is 7. The molecule has 0 spiro atoms. The largest absolute Gasteiger partial charge is 0.355 e. The quantitative estimate of drug-likeness (QED) is 0.187. The van der Waals surface area contributed by atoms with Crippen LogP contribution < -0.4 is 10.6 Å². The zero-order valence-electron chi connectivity index (χ0n) is 25.2. The van der Waals surface area contributed by atoms with Gasteiger partial charge in [0, 0.05) is 33.9 Å². The van der Waals surface area contributed by atoms with Gasteiger partial charge in [-0.1, -0.05) is 127 Å². The first-order valence-corrected chi connectivity index (χ1v) is 15.4. The number of hydrogen-bond donors (Lipinski definition) is 2. The summed E-state index contributed by atoms with van der Waals surface area (Å²) in [6.45, 7) is 2.15. The second kappa shape index (κ2) is 12.8. The molecule has 0 bridgehead atoms. The molecule has 0 amide bonds. The van der Waals surface area contributed by atoms with Crippen molar-refractivity contribution in [3.63, 3.8) is 0 Å². The molecule has 0 fully saturated rings. The number of rotatable bonds is 8. The number of nitrogens with one attached hydrogen (secondary N) is 2. The third-order valence-electron chi connectivity index (χ3n) is 8.08. The van der Waals surface area contributed by atoms with Gasteiger partial charge in [0.15, 0.2) is 0 Å². The van der Waals surface area contributed by atoms with Crippen molar-refractivity contribution >= 4 is 22.7 Å². The predicted molar refractivity (Wildman–Crippen MR) is 192 cm³/mol. The highest BCUT2D eigenvalue weighted by molar-refractivity contribution is 5.87. The van der Waals surface area contributed by atoms with Gasteiger partial charge >= 0.3 is 0 Å². The van der Waals surface area contributed by atoms with E-state index in [0.29, 0.717) is 0 Å². The van der Waals surface area contributed by atoms with Crippen LogP contribution in [0.2, 0.25) is 0 Å². The Morgan fingerprint density at radius 2 is 0.800 bits per heavy atom. The fourth-order valence-electron chi connectivity index (χ4n) is 5.82. The normalized spacial score (nSPS) is 10.8. The van der Waals surface area contributed by atoms with E-state index in [1.54, 1.807) is 0 Å². The molecule has 0 radical (unpaired) electrons. The molecule has 0 unspecified atom stereocenters. The fraction of sp³-hybridized carbons (Fsp3) is 0.0233. The molecule has 7 aromatic carbocycles. The van der Waals surface area contributed by atoms with E-state index in [1.807, 2.05) is 6.07 Å². The topological polar surface area (TPSA) is 24.1 Å². The second-order valence-corrected chi connectivity index (χ2v) is 11.3. The average molecular weight is 579 g/mol. The Hall–Kier alpha value is -5.86. The average Bonchev–Trinajstić information content (AvgIpc) is 3.10. The van der Waals surface area contributed by atoms with Gasteiger partial charge in [0.05, 0.1) is 0 Å². The van der Waals surface area contributed by atoms with Crippen LogP contribution in [0.25, 0.3) is 44.5 Å². The maximum absolute atomic E-state index is 3.72. The Morgan fingerprint density at radius 1 is 0.311 bits per heavy atom. The number of aryl methyl sites for hydroxylation is 1. The van der Waals surface area contributed by atoms with Gasteiger partial charge in [-0.2, -0.15) is 0 Å². The molecular weight excluding hydrogens is 544 g/mol. The van der Waals surface area contributed by atoms with E-state index in [-0.39, 0.29) is 0 Å². The van der Waals surface area contributed by atoms with Crippen molar-refractivity contribution in [1.82, 2.24) is 0 Å². The third-order valence-corrected chi connectivity index (χ3v) is 8.08. The molecule has 216 valence electrons. The molecule has 0 saturated heterocycles. The molecule has 0 aliphatic rings. The summed E-state index contributed by atoms with van der Waals surface area (Å²) >= 11 is 0. The summed E-state index contributed by atoms with van der Waals surface area (Å²) in [4.78, 5) is 0. The van der Waals surface area contributed by atoms with Crippen LogP contribution in [0.5, 0.6) is 0 Å². The molecular formula is C43H34N2. The molecule has 7 aromatic rings. The predicted octanol–water partition coefficient (Wildman–Crippen LogP) is 12.2. The van der Waals surface area contributed by atoms with Crippen molar-refractivity contribution in [2.45, 2.75) is 6.92 Å². The van der Waals surface area contributed by atoms with Crippen LogP contribution in [0.4, 0.5) is 22.7 Å². The molecule has 0 aromatic heterocycles. The maximum atomic E-state index is 3.72. The molecule has 45 heavy (non-hydrogen) atoms. The van der Waals surface area contributed by atoms with E-state index >= 15 is 0 Å². The van der Waals surface area contributed by atoms with Crippen LogP contribution in [-0.2, 0) is 0 Å². The summed E-state index contributed by atoms with van der Waals surface area (Å²) in [7, 11) is 0. The lowest BCUT2D eigenvalue weighted by Crippen LogP contribution is -1.95. The highest BCUT2D eigenvalue weighted by atomic mass is 14.9. The first-order chi connectivity index (χ1) is 22.2. The monoisotopic (exact) mass is 578 g/mol. The number of para-hydroxylation sites is 2. The summed E-state index contributed by atoms with van der Waals surface area (Å²) in [6.07, 6.45) is 0. The van der Waals surface area contributed by atoms with Crippen LogP contribution in [0.15, 0.2) is 176 Å². The summed E-state index contributed by atoms with van der Waals surface area (Å²) in [6, 6.07) is 62.2. The van der Waals surface area contributed by atoms with Crippen molar-refractivity contribution < 1.29 is 0 Å². The van der Waals surface area contributed by atoms with E-state index in [9.17, 15) is 0 Å². The van der Waals surface area contributed by atoms with Crippen molar-refractivity contribution in [2.75, 3.05) is 10.6 Å². The first kappa shape index (κ1) is 27.9. The standard InChI is InChI=1S/C43H34N2/c1-31-25-26-43(45-39-22-12-17-35(30-39)32-13-4-2-5-14-32)41(27-31)37-19-11-16-34(29-37)33-15-10-18-36(28-33)40-23-8-9-24-42(40)44-38-20-6-3-7-21-38/h2-30,44-45H,1H3. The van der Waals surface area contributed by atoms with Crippen molar-refractivity contribution in [3.05, 3.63) is 181 Å². The van der Waals surface area contributed by atoms with E-state index in [2.05, 4.69) is 187 Å². The van der Waals surface area contributed by atoms with Gasteiger partial charge in [0.2, 0.25) is 0 Å². The molecule has 0 aliphatic carbocycles.